The number of benzene rings is 1. The van der Waals surface area contributed by atoms with Gasteiger partial charge in [0.15, 0.2) is 0 Å². The van der Waals surface area contributed by atoms with Crippen LogP contribution in [0.3, 0.4) is 0 Å². The molecule has 1 aromatic heterocycles. The highest BCUT2D eigenvalue weighted by molar-refractivity contribution is 6.34. The van der Waals surface area contributed by atoms with Crippen molar-refractivity contribution in [2.45, 2.75) is 6.92 Å². The molecular weight excluding hydrogens is 194 g/mol. The van der Waals surface area contributed by atoms with Crippen molar-refractivity contribution in [1.82, 2.24) is 4.98 Å². The molecule has 0 N–H and O–H groups in total. The predicted molar refractivity (Wildman–Crippen MR) is 61.7 cm³/mol. The van der Waals surface area contributed by atoms with Crippen LogP contribution < -0.4 is 10.6 Å². The predicted octanol–water partition coefficient (Wildman–Crippen LogP) is 2.10. The SMILES string of the molecule is C=c1nc(Cl)c2ccccc2/c1=C/C. The van der Waals surface area contributed by atoms with Crippen LogP contribution >= 0.6 is 11.6 Å². The lowest BCUT2D eigenvalue weighted by molar-refractivity contribution is 1.26. The Kier molecular flexibility index (Phi) is 2.26. The number of hydrogen-bond acceptors (Lipinski definition) is 1. The van der Waals surface area contributed by atoms with Crippen LogP contribution in [-0.2, 0) is 0 Å². The molecule has 2 heteroatoms. The lowest BCUT2D eigenvalue weighted by Gasteiger charge is -2.00. The lowest BCUT2D eigenvalue weighted by atomic mass is 10.1. The molecule has 0 spiro atoms. The van der Waals surface area contributed by atoms with E-state index in [0.717, 1.165) is 21.3 Å². The standard InChI is InChI=1S/C12H10ClN/c1-3-9-8(2)14-12(13)11-7-5-4-6-10(9)11/h3-7H,2H2,1H3/b9-3+. The van der Waals surface area contributed by atoms with Gasteiger partial charge in [0.05, 0.1) is 5.35 Å². The molecule has 2 aromatic rings. The monoisotopic (exact) mass is 203 g/mol. The van der Waals surface area contributed by atoms with Crippen molar-refractivity contribution in [1.29, 1.82) is 0 Å². The van der Waals surface area contributed by atoms with E-state index in [-0.39, 0.29) is 0 Å². The quantitative estimate of drug-likeness (QED) is 0.598. The summed E-state index contributed by atoms with van der Waals surface area (Å²) in [5, 5.41) is 4.41. The van der Waals surface area contributed by atoms with Crippen molar-refractivity contribution >= 4 is 35.0 Å². The topological polar surface area (TPSA) is 12.9 Å². The number of pyridine rings is 1. The second-order valence-electron chi connectivity index (χ2n) is 3.10. The molecule has 0 aliphatic heterocycles. The molecule has 0 saturated carbocycles. The summed E-state index contributed by atoms with van der Waals surface area (Å²) in [6, 6.07) is 7.95. The summed E-state index contributed by atoms with van der Waals surface area (Å²) >= 11 is 6.03. The highest BCUT2D eigenvalue weighted by Gasteiger charge is 2.00. The van der Waals surface area contributed by atoms with E-state index in [0.29, 0.717) is 5.15 Å². The Bertz CT molecular complexity index is 587. The van der Waals surface area contributed by atoms with Gasteiger partial charge in [-0.15, -0.1) is 0 Å². The minimum Gasteiger partial charge on any atom is -0.236 e. The van der Waals surface area contributed by atoms with Gasteiger partial charge >= 0.3 is 0 Å². The van der Waals surface area contributed by atoms with Gasteiger partial charge in [-0.25, -0.2) is 4.98 Å². The molecule has 1 nitrogen and oxygen atoms in total. The van der Waals surface area contributed by atoms with E-state index in [9.17, 15) is 0 Å². The lowest BCUT2D eigenvalue weighted by Crippen LogP contribution is -2.27. The maximum absolute atomic E-state index is 6.03. The highest BCUT2D eigenvalue weighted by atomic mass is 35.5. The summed E-state index contributed by atoms with van der Waals surface area (Å²) < 4.78 is 0. The molecule has 0 unspecified atom stereocenters. The molecular formula is C12H10ClN. The molecule has 0 amide bonds. The van der Waals surface area contributed by atoms with E-state index in [2.05, 4.69) is 11.6 Å². The molecule has 70 valence electrons. The van der Waals surface area contributed by atoms with Crippen LogP contribution in [0.1, 0.15) is 6.92 Å². The zero-order valence-corrected chi connectivity index (χ0v) is 8.67. The first kappa shape index (κ1) is 9.22. The van der Waals surface area contributed by atoms with Crippen molar-refractivity contribution in [3.05, 3.63) is 40.0 Å². The second kappa shape index (κ2) is 3.43. The van der Waals surface area contributed by atoms with E-state index in [4.69, 9.17) is 11.6 Å². The number of nitrogens with zero attached hydrogens (tertiary/aromatic N) is 1. The van der Waals surface area contributed by atoms with E-state index in [1.807, 2.05) is 37.3 Å². The Labute approximate surface area is 87.4 Å². The number of hydrogen-bond donors (Lipinski definition) is 0. The third-order valence-electron chi connectivity index (χ3n) is 2.27. The van der Waals surface area contributed by atoms with Gasteiger partial charge in [0.2, 0.25) is 0 Å². The molecule has 1 heterocycles. The summed E-state index contributed by atoms with van der Waals surface area (Å²) in [5.41, 5.74) is 0. The second-order valence-corrected chi connectivity index (χ2v) is 3.46. The van der Waals surface area contributed by atoms with E-state index in [1.54, 1.807) is 0 Å². The maximum Gasteiger partial charge on any atom is 0.137 e. The molecule has 0 aliphatic carbocycles. The molecule has 1 aromatic carbocycles. The molecule has 0 atom stereocenters. The van der Waals surface area contributed by atoms with E-state index < -0.39 is 0 Å². The number of fused-ring (bicyclic) bond motifs is 1. The van der Waals surface area contributed by atoms with Crippen molar-refractivity contribution in [2.75, 3.05) is 0 Å². The third kappa shape index (κ3) is 1.30. The summed E-state index contributed by atoms with van der Waals surface area (Å²) in [4.78, 5) is 4.20. The fourth-order valence-corrected chi connectivity index (χ4v) is 1.88. The van der Waals surface area contributed by atoms with Gasteiger partial charge in [0.25, 0.3) is 0 Å². The zero-order chi connectivity index (χ0) is 10.1. The molecule has 0 radical (unpaired) electrons. The van der Waals surface area contributed by atoms with Gasteiger partial charge in [-0.05, 0) is 12.3 Å². The molecule has 0 fully saturated rings. The normalized spacial score (nSPS) is 12.3. The van der Waals surface area contributed by atoms with Crippen LogP contribution in [-0.4, -0.2) is 4.98 Å². The fraction of sp³-hybridized carbons (Fsp3) is 0.0833. The molecule has 0 saturated heterocycles. The van der Waals surface area contributed by atoms with Gasteiger partial charge in [-0.1, -0.05) is 48.5 Å². The minimum absolute atomic E-state index is 0.524. The summed E-state index contributed by atoms with van der Waals surface area (Å²) in [6.07, 6.45) is 2.01. The largest absolute Gasteiger partial charge is 0.236 e. The molecule has 0 aliphatic rings. The van der Waals surface area contributed by atoms with Crippen LogP contribution in [0, 0.1) is 0 Å². The van der Waals surface area contributed by atoms with Crippen molar-refractivity contribution < 1.29 is 0 Å². The number of rotatable bonds is 0. The first-order valence-corrected chi connectivity index (χ1v) is 4.81. The zero-order valence-electron chi connectivity index (χ0n) is 7.92. The highest BCUT2D eigenvalue weighted by Crippen LogP contribution is 2.15. The molecule has 2 rings (SSSR count). The van der Waals surface area contributed by atoms with Crippen molar-refractivity contribution in [3.8, 4) is 0 Å². The average molecular weight is 204 g/mol. The Balaban J connectivity index is 3.15. The Morgan fingerprint density at radius 1 is 1.29 bits per heavy atom. The number of aromatic nitrogens is 1. The van der Waals surface area contributed by atoms with E-state index >= 15 is 0 Å². The van der Waals surface area contributed by atoms with Gasteiger partial charge in [-0.2, -0.15) is 0 Å². The molecule has 0 bridgehead atoms. The third-order valence-corrected chi connectivity index (χ3v) is 2.56. The van der Waals surface area contributed by atoms with Gasteiger partial charge < -0.3 is 0 Å². The van der Waals surface area contributed by atoms with Gasteiger partial charge in [-0.3, -0.25) is 0 Å². The van der Waals surface area contributed by atoms with Crippen LogP contribution in [0.25, 0.3) is 23.4 Å². The number of halogens is 1. The maximum atomic E-state index is 6.03. The Morgan fingerprint density at radius 3 is 2.57 bits per heavy atom. The summed E-state index contributed by atoms with van der Waals surface area (Å²) in [6.45, 7) is 5.85. The summed E-state index contributed by atoms with van der Waals surface area (Å²) in [7, 11) is 0. The Hall–Kier alpha value is -1.34. The van der Waals surface area contributed by atoms with E-state index in [1.165, 1.54) is 0 Å². The minimum atomic E-state index is 0.524. The van der Waals surface area contributed by atoms with Gasteiger partial charge in [0, 0.05) is 10.6 Å². The first-order chi connectivity index (χ1) is 6.74. The smallest absolute Gasteiger partial charge is 0.137 e. The summed E-state index contributed by atoms with van der Waals surface area (Å²) in [5.74, 6) is 0. The van der Waals surface area contributed by atoms with Crippen LogP contribution in [0.15, 0.2) is 24.3 Å². The molecule has 14 heavy (non-hydrogen) atoms. The van der Waals surface area contributed by atoms with Crippen molar-refractivity contribution in [2.24, 2.45) is 0 Å². The van der Waals surface area contributed by atoms with Crippen LogP contribution in [0.4, 0.5) is 0 Å². The first-order valence-electron chi connectivity index (χ1n) is 4.43. The Morgan fingerprint density at radius 2 is 1.93 bits per heavy atom. The van der Waals surface area contributed by atoms with Crippen LogP contribution in [0.5, 0.6) is 0 Å². The van der Waals surface area contributed by atoms with Crippen molar-refractivity contribution in [3.63, 3.8) is 0 Å². The average Bonchev–Trinajstić information content (AvgIpc) is 2.18. The van der Waals surface area contributed by atoms with Gasteiger partial charge in [0.1, 0.15) is 5.15 Å². The fourth-order valence-electron chi connectivity index (χ4n) is 1.61. The van der Waals surface area contributed by atoms with Crippen LogP contribution in [0.2, 0.25) is 5.15 Å².